The van der Waals surface area contributed by atoms with Crippen molar-refractivity contribution in [1.82, 2.24) is 0 Å². The van der Waals surface area contributed by atoms with Gasteiger partial charge < -0.3 is 14.8 Å². The van der Waals surface area contributed by atoms with Gasteiger partial charge in [0.1, 0.15) is 17.6 Å². The predicted molar refractivity (Wildman–Crippen MR) is 88.0 cm³/mol. The summed E-state index contributed by atoms with van der Waals surface area (Å²) in [6.45, 7) is 2.65. The lowest BCUT2D eigenvalue weighted by atomic mass is 10.3. The van der Waals surface area contributed by atoms with Crippen molar-refractivity contribution in [3.8, 4) is 11.5 Å². The molecule has 0 saturated heterocycles. The Balaban J connectivity index is 1.86. The maximum Gasteiger partial charge on any atom is 0.120 e. The third kappa shape index (κ3) is 4.73. The zero-order valence-corrected chi connectivity index (χ0v) is 13.4. The third-order valence-electron chi connectivity index (χ3n) is 2.91. The number of benzene rings is 2. The number of anilines is 1. The normalized spacial score (nSPS) is 11.8. The number of hydrogen-bond donors (Lipinski definition) is 1. The van der Waals surface area contributed by atoms with Crippen LogP contribution in [0.5, 0.6) is 11.5 Å². The molecule has 2 aromatic rings. The second kappa shape index (κ2) is 7.43. The summed E-state index contributed by atoms with van der Waals surface area (Å²) < 4.78 is 10.9. The summed E-state index contributed by atoms with van der Waals surface area (Å²) in [5, 5.41) is 4.34. The van der Waals surface area contributed by atoms with E-state index in [1.807, 2.05) is 37.3 Å². The molecule has 0 aliphatic carbocycles. The second-order valence-corrected chi connectivity index (χ2v) is 5.43. The standard InChI is InChI=1S/C16H17Cl2NO2/c1-11(21-14-6-4-13(20-2)5-7-14)10-19-12-3-8-15(17)16(18)9-12/h3-9,11,19H,10H2,1-2H3. The van der Waals surface area contributed by atoms with Crippen LogP contribution in [0.15, 0.2) is 42.5 Å². The molecule has 2 aromatic carbocycles. The lowest BCUT2D eigenvalue weighted by Gasteiger charge is -2.16. The molecule has 0 aliphatic heterocycles. The van der Waals surface area contributed by atoms with Crippen molar-refractivity contribution in [2.45, 2.75) is 13.0 Å². The third-order valence-corrected chi connectivity index (χ3v) is 3.65. The molecule has 3 nitrogen and oxygen atoms in total. The number of nitrogens with one attached hydrogen (secondary N) is 1. The molecule has 0 heterocycles. The number of halogens is 2. The van der Waals surface area contributed by atoms with E-state index in [0.717, 1.165) is 17.2 Å². The second-order valence-electron chi connectivity index (χ2n) is 4.61. The maximum absolute atomic E-state index is 5.97. The van der Waals surface area contributed by atoms with Crippen LogP contribution in [-0.2, 0) is 0 Å². The van der Waals surface area contributed by atoms with Gasteiger partial charge in [-0.3, -0.25) is 0 Å². The fourth-order valence-corrected chi connectivity index (χ4v) is 2.09. The first-order valence-corrected chi connectivity index (χ1v) is 7.33. The molecule has 0 aliphatic rings. The number of methoxy groups -OCH3 is 1. The van der Waals surface area contributed by atoms with E-state index < -0.39 is 0 Å². The van der Waals surface area contributed by atoms with E-state index in [4.69, 9.17) is 32.7 Å². The molecule has 0 fully saturated rings. The molecule has 1 atom stereocenters. The highest BCUT2D eigenvalue weighted by molar-refractivity contribution is 6.42. The Morgan fingerprint density at radius 3 is 2.29 bits per heavy atom. The summed E-state index contributed by atoms with van der Waals surface area (Å²) in [6.07, 6.45) is 0.00727. The first-order chi connectivity index (χ1) is 10.1. The van der Waals surface area contributed by atoms with Gasteiger partial charge in [0.25, 0.3) is 0 Å². The first kappa shape index (κ1) is 15.8. The molecule has 0 radical (unpaired) electrons. The van der Waals surface area contributed by atoms with Crippen LogP contribution in [0.25, 0.3) is 0 Å². The fraction of sp³-hybridized carbons (Fsp3) is 0.250. The van der Waals surface area contributed by atoms with Gasteiger partial charge in [0.2, 0.25) is 0 Å². The zero-order chi connectivity index (χ0) is 15.2. The molecule has 0 aromatic heterocycles. The molecule has 5 heteroatoms. The summed E-state index contributed by atoms with van der Waals surface area (Å²) >= 11 is 11.9. The summed E-state index contributed by atoms with van der Waals surface area (Å²) in [4.78, 5) is 0. The van der Waals surface area contributed by atoms with Crippen molar-refractivity contribution >= 4 is 28.9 Å². The Labute approximate surface area is 134 Å². The van der Waals surface area contributed by atoms with Gasteiger partial charge in [-0.25, -0.2) is 0 Å². The van der Waals surface area contributed by atoms with E-state index in [1.54, 1.807) is 19.2 Å². The van der Waals surface area contributed by atoms with Gasteiger partial charge in [-0.05, 0) is 49.4 Å². The maximum atomic E-state index is 5.97. The molecule has 0 saturated carbocycles. The number of rotatable bonds is 6. The van der Waals surface area contributed by atoms with Gasteiger partial charge in [-0.1, -0.05) is 23.2 Å². The Morgan fingerprint density at radius 2 is 1.67 bits per heavy atom. The molecule has 0 bridgehead atoms. The lowest BCUT2D eigenvalue weighted by molar-refractivity contribution is 0.234. The molecule has 1 unspecified atom stereocenters. The monoisotopic (exact) mass is 325 g/mol. The highest BCUT2D eigenvalue weighted by Gasteiger charge is 2.05. The average Bonchev–Trinajstić information content (AvgIpc) is 2.49. The van der Waals surface area contributed by atoms with Crippen LogP contribution in [0, 0.1) is 0 Å². The minimum absolute atomic E-state index is 0.00727. The fourth-order valence-electron chi connectivity index (χ4n) is 1.80. The minimum atomic E-state index is 0.00727. The molecule has 0 spiro atoms. The molecule has 1 N–H and O–H groups in total. The van der Waals surface area contributed by atoms with Crippen molar-refractivity contribution in [2.75, 3.05) is 19.0 Å². The van der Waals surface area contributed by atoms with Crippen molar-refractivity contribution in [1.29, 1.82) is 0 Å². The Bertz CT molecular complexity index is 587. The predicted octanol–water partition coefficient (Wildman–Crippen LogP) is 4.88. The Morgan fingerprint density at radius 1 is 1.00 bits per heavy atom. The van der Waals surface area contributed by atoms with E-state index in [-0.39, 0.29) is 6.10 Å². The van der Waals surface area contributed by atoms with Crippen LogP contribution in [0.3, 0.4) is 0 Å². The number of ether oxygens (including phenoxy) is 2. The van der Waals surface area contributed by atoms with Gasteiger partial charge in [-0.2, -0.15) is 0 Å². The summed E-state index contributed by atoms with van der Waals surface area (Å²) in [6, 6.07) is 12.9. The average molecular weight is 326 g/mol. The minimum Gasteiger partial charge on any atom is -0.497 e. The molecule has 112 valence electrons. The van der Waals surface area contributed by atoms with Crippen molar-refractivity contribution in [3.63, 3.8) is 0 Å². The summed E-state index contributed by atoms with van der Waals surface area (Å²) in [5.41, 5.74) is 0.912. The van der Waals surface area contributed by atoms with E-state index in [1.165, 1.54) is 0 Å². The van der Waals surface area contributed by atoms with E-state index in [0.29, 0.717) is 16.6 Å². The van der Waals surface area contributed by atoms with Gasteiger partial charge in [-0.15, -0.1) is 0 Å². The van der Waals surface area contributed by atoms with E-state index in [9.17, 15) is 0 Å². The van der Waals surface area contributed by atoms with Gasteiger partial charge >= 0.3 is 0 Å². The Kier molecular flexibility index (Phi) is 5.59. The quantitative estimate of drug-likeness (QED) is 0.820. The number of hydrogen-bond acceptors (Lipinski definition) is 3. The highest BCUT2D eigenvalue weighted by atomic mass is 35.5. The van der Waals surface area contributed by atoms with Gasteiger partial charge in [0, 0.05) is 5.69 Å². The van der Waals surface area contributed by atoms with Crippen LogP contribution in [0.1, 0.15) is 6.92 Å². The molecular formula is C16H17Cl2NO2. The van der Waals surface area contributed by atoms with Gasteiger partial charge in [0.15, 0.2) is 0 Å². The van der Waals surface area contributed by atoms with Crippen LogP contribution in [-0.4, -0.2) is 19.8 Å². The summed E-state index contributed by atoms with van der Waals surface area (Å²) in [5.74, 6) is 1.61. The van der Waals surface area contributed by atoms with Crippen molar-refractivity contribution < 1.29 is 9.47 Å². The Hall–Kier alpha value is -1.58. The molecule has 2 rings (SSSR count). The molecule has 0 amide bonds. The lowest BCUT2D eigenvalue weighted by Crippen LogP contribution is -2.22. The van der Waals surface area contributed by atoms with Crippen LogP contribution in [0.2, 0.25) is 10.0 Å². The van der Waals surface area contributed by atoms with Crippen LogP contribution < -0.4 is 14.8 Å². The topological polar surface area (TPSA) is 30.5 Å². The van der Waals surface area contributed by atoms with Crippen molar-refractivity contribution in [2.24, 2.45) is 0 Å². The molecule has 21 heavy (non-hydrogen) atoms. The van der Waals surface area contributed by atoms with E-state index >= 15 is 0 Å². The smallest absolute Gasteiger partial charge is 0.120 e. The zero-order valence-electron chi connectivity index (χ0n) is 11.9. The highest BCUT2D eigenvalue weighted by Crippen LogP contribution is 2.25. The van der Waals surface area contributed by atoms with E-state index in [2.05, 4.69) is 5.32 Å². The van der Waals surface area contributed by atoms with Gasteiger partial charge in [0.05, 0.1) is 23.7 Å². The van der Waals surface area contributed by atoms with Crippen LogP contribution in [0.4, 0.5) is 5.69 Å². The summed E-state index contributed by atoms with van der Waals surface area (Å²) in [7, 11) is 1.64. The first-order valence-electron chi connectivity index (χ1n) is 6.58. The molecular weight excluding hydrogens is 309 g/mol. The largest absolute Gasteiger partial charge is 0.497 e. The van der Waals surface area contributed by atoms with Crippen molar-refractivity contribution in [3.05, 3.63) is 52.5 Å². The SMILES string of the molecule is COc1ccc(OC(C)CNc2ccc(Cl)c(Cl)c2)cc1. The van der Waals surface area contributed by atoms with Crippen LogP contribution >= 0.6 is 23.2 Å².